The van der Waals surface area contributed by atoms with E-state index < -0.39 is 0 Å². The first-order valence-electron chi connectivity index (χ1n) is 6.40. The van der Waals surface area contributed by atoms with Crippen molar-refractivity contribution < 1.29 is 4.79 Å². The van der Waals surface area contributed by atoms with E-state index in [1.165, 1.54) is 10.4 Å². The second-order valence-corrected chi connectivity index (χ2v) is 5.63. The van der Waals surface area contributed by atoms with Crippen LogP contribution < -0.4 is 0 Å². The molecule has 5 heteroatoms. The van der Waals surface area contributed by atoms with E-state index >= 15 is 0 Å². The van der Waals surface area contributed by atoms with Gasteiger partial charge in [0.2, 0.25) is 5.91 Å². The minimum absolute atomic E-state index is 0.110. The summed E-state index contributed by atoms with van der Waals surface area (Å²) in [5, 5.41) is 6.24. The lowest BCUT2D eigenvalue weighted by atomic mass is 10.2. The molecule has 0 saturated carbocycles. The van der Waals surface area contributed by atoms with Crippen LogP contribution in [0.25, 0.3) is 0 Å². The van der Waals surface area contributed by atoms with Crippen molar-refractivity contribution in [3.63, 3.8) is 0 Å². The number of carbonyl (C=O) groups is 1. The number of aryl methyl sites for hydroxylation is 1. The summed E-state index contributed by atoms with van der Waals surface area (Å²) in [6.07, 6.45) is 4.30. The highest BCUT2D eigenvalue weighted by molar-refractivity contribution is 7.10. The zero-order chi connectivity index (χ0) is 13.8. The molecule has 0 unspecified atom stereocenters. The van der Waals surface area contributed by atoms with Gasteiger partial charge in [0, 0.05) is 24.3 Å². The van der Waals surface area contributed by atoms with Gasteiger partial charge in [0.1, 0.15) is 6.04 Å². The molecule has 4 nitrogen and oxygen atoms in total. The van der Waals surface area contributed by atoms with Crippen LogP contribution in [0.1, 0.15) is 29.8 Å². The second-order valence-electron chi connectivity index (χ2n) is 4.63. The van der Waals surface area contributed by atoms with Crippen molar-refractivity contribution in [2.24, 2.45) is 0 Å². The van der Waals surface area contributed by atoms with Crippen molar-refractivity contribution in [3.8, 4) is 0 Å². The topological polar surface area (TPSA) is 38.1 Å². The quantitative estimate of drug-likeness (QED) is 0.843. The molecule has 0 aromatic carbocycles. The molecule has 1 atom stereocenters. The Kier molecular flexibility index (Phi) is 4.37. The zero-order valence-electron chi connectivity index (χ0n) is 11.5. The normalized spacial score (nSPS) is 12.4. The molecule has 0 aliphatic rings. The van der Waals surface area contributed by atoms with Gasteiger partial charge in [-0.3, -0.25) is 9.48 Å². The maximum absolute atomic E-state index is 12.5. The van der Waals surface area contributed by atoms with Crippen LogP contribution in [-0.4, -0.2) is 27.6 Å². The summed E-state index contributed by atoms with van der Waals surface area (Å²) in [5.74, 6) is 0.110. The number of thiophene rings is 1. The maximum atomic E-state index is 12.5. The standard InChI is InChI=1S/C14H19N3OS/c1-4-12(17-8-5-7-15-17)14(18)16(3)10-13-11(2)6-9-19-13/h5-9,12H,4,10H2,1-3H3/t12-/m1/s1. The Morgan fingerprint density at radius 1 is 1.58 bits per heavy atom. The molecule has 0 saturated heterocycles. The molecule has 0 spiro atoms. The summed E-state index contributed by atoms with van der Waals surface area (Å²) in [6.45, 7) is 4.75. The average molecular weight is 277 g/mol. The van der Waals surface area contributed by atoms with Gasteiger partial charge in [-0.2, -0.15) is 5.10 Å². The molecule has 2 rings (SSSR count). The molecule has 2 heterocycles. The lowest BCUT2D eigenvalue weighted by Crippen LogP contribution is -2.34. The first kappa shape index (κ1) is 13.8. The highest BCUT2D eigenvalue weighted by Gasteiger charge is 2.22. The van der Waals surface area contributed by atoms with E-state index in [1.54, 1.807) is 27.1 Å². The highest BCUT2D eigenvalue weighted by Crippen LogP contribution is 2.20. The highest BCUT2D eigenvalue weighted by atomic mass is 32.1. The van der Waals surface area contributed by atoms with Gasteiger partial charge in [-0.1, -0.05) is 6.92 Å². The Balaban J connectivity index is 2.08. The number of carbonyl (C=O) groups excluding carboxylic acids is 1. The molecular formula is C14H19N3OS. The summed E-state index contributed by atoms with van der Waals surface area (Å²) < 4.78 is 1.74. The van der Waals surface area contributed by atoms with Crippen molar-refractivity contribution in [2.75, 3.05) is 7.05 Å². The first-order chi connectivity index (χ1) is 9.13. The summed E-state index contributed by atoms with van der Waals surface area (Å²) in [6, 6.07) is 3.72. The molecule has 0 aliphatic carbocycles. The first-order valence-corrected chi connectivity index (χ1v) is 7.28. The molecule has 0 fully saturated rings. The SMILES string of the molecule is CC[C@H](C(=O)N(C)Cc1sccc1C)n1cccn1. The van der Waals surface area contributed by atoms with E-state index in [0.29, 0.717) is 6.54 Å². The number of likely N-dealkylation sites (N-methyl/N-ethyl adjacent to an activating group) is 1. The van der Waals surface area contributed by atoms with Crippen molar-refractivity contribution in [2.45, 2.75) is 32.9 Å². The van der Waals surface area contributed by atoms with Crippen molar-refractivity contribution in [1.29, 1.82) is 0 Å². The molecule has 2 aromatic rings. The Labute approximate surface area is 117 Å². The molecule has 19 heavy (non-hydrogen) atoms. The smallest absolute Gasteiger partial charge is 0.247 e. The summed E-state index contributed by atoms with van der Waals surface area (Å²) in [4.78, 5) is 15.5. The maximum Gasteiger partial charge on any atom is 0.247 e. The number of nitrogens with zero attached hydrogens (tertiary/aromatic N) is 3. The van der Waals surface area contributed by atoms with Crippen LogP contribution in [0, 0.1) is 6.92 Å². The van der Waals surface area contributed by atoms with E-state index in [1.807, 2.05) is 26.2 Å². The summed E-state index contributed by atoms with van der Waals surface area (Å²) in [5.41, 5.74) is 1.25. The van der Waals surface area contributed by atoms with Gasteiger partial charge < -0.3 is 4.90 Å². The number of amides is 1. The van der Waals surface area contributed by atoms with Gasteiger partial charge in [0.15, 0.2) is 0 Å². The minimum atomic E-state index is -0.208. The Bertz CT molecular complexity index is 533. The Morgan fingerprint density at radius 2 is 2.37 bits per heavy atom. The predicted octanol–water partition coefficient (Wildman–Crippen LogP) is 2.86. The summed E-state index contributed by atoms with van der Waals surface area (Å²) in [7, 11) is 1.85. The average Bonchev–Trinajstić information content (AvgIpc) is 3.03. The van der Waals surface area contributed by atoms with Gasteiger partial charge in [-0.15, -0.1) is 11.3 Å². The van der Waals surface area contributed by atoms with Gasteiger partial charge in [-0.05, 0) is 36.4 Å². The Hall–Kier alpha value is -1.62. The lowest BCUT2D eigenvalue weighted by molar-refractivity contribution is -0.134. The van der Waals surface area contributed by atoms with Crippen LogP contribution in [0.4, 0.5) is 0 Å². The molecule has 102 valence electrons. The summed E-state index contributed by atoms with van der Waals surface area (Å²) >= 11 is 1.70. The fourth-order valence-electron chi connectivity index (χ4n) is 2.05. The number of rotatable bonds is 5. The number of hydrogen-bond donors (Lipinski definition) is 0. The molecular weight excluding hydrogens is 258 g/mol. The molecule has 0 aliphatic heterocycles. The largest absolute Gasteiger partial charge is 0.339 e. The molecule has 0 radical (unpaired) electrons. The van der Waals surface area contributed by atoms with Gasteiger partial charge in [-0.25, -0.2) is 0 Å². The number of hydrogen-bond acceptors (Lipinski definition) is 3. The minimum Gasteiger partial charge on any atom is -0.339 e. The van der Waals surface area contributed by atoms with Crippen molar-refractivity contribution >= 4 is 17.2 Å². The fourth-order valence-corrected chi connectivity index (χ4v) is 3.01. The van der Waals surface area contributed by atoms with Crippen LogP contribution >= 0.6 is 11.3 Å². The fraction of sp³-hybridized carbons (Fsp3) is 0.429. The van der Waals surface area contributed by atoms with Crippen molar-refractivity contribution in [1.82, 2.24) is 14.7 Å². The van der Waals surface area contributed by atoms with E-state index in [2.05, 4.69) is 23.5 Å². The lowest BCUT2D eigenvalue weighted by Gasteiger charge is -2.23. The Morgan fingerprint density at radius 3 is 2.89 bits per heavy atom. The van der Waals surface area contributed by atoms with E-state index in [9.17, 15) is 4.79 Å². The van der Waals surface area contributed by atoms with Crippen LogP contribution in [0.5, 0.6) is 0 Å². The van der Waals surface area contributed by atoms with Gasteiger partial charge in [0.05, 0.1) is 6.54 Å². The molecule has 1 amide bonds. The van der Waals surface area contributed by atoms with E-state index in [0.717, 1.165) is 6.42 Å². The molecule has 2 aromatic heterocycles. The molecule has 0 bridgehead atoms. The third-order valence-corrected chi connectivity index (χ3v) is 4.25. The van der Waals surface area contributed by atoms with Gasteiger partial charge >= 0.3 is 0 Å². The predicted molar refractivity (Wildman–Crippen MR) is 77.1 cm³/mol. The second kappa shape index (κ2) is 6.02. The third-order valence-electron chi connectivity index (χ3n) is 3.24. The van der Waals surface area contributed by atoms with Crippen molar-refractivity contribution in [3.05, 3.63) is 40.3 Å². The van der Waals surface area contributed by atoms with Crippen LogP contribution in [0.3, 0.4) is 0 Å². The van der Waals surface area contributed by atoms with E-state index in [-0.39, 0.29) is 11.9 Å². The van der Waals surface area contributed by atoms with Gasteiger partial charge in [0.25, 0.3) is 0 Å². The molecule has 0 N–H and O–H groups in total. The van der Waals surface area contributed by atoms with E-state index in [4.69, 9.17) is 0 Å². The third kappa shape index (κ3) is 3.04. The number of aromatic nitrogens is 2. The van der Waals surface area contributed by atoms with Crippen LogP contribution in [-0.2, 0) is 11.3 Å². The van der Waals surface area contributed by atoms with Crippen LogP contribution in [0.2, 0.25) is 0 Å². The monoisotopic (exact) mass is 277 g/mol. The zero-order valence-corrected chi connectivity index (χ0v) is 12.4. The van der Waals surface area contributed by atoms with Crippen LogP contribution in [0.15, 0.2) is 29.9 Å².